The molecule has 0 unspecified atom stereocenters. The van der Waals surface area contributed by atoms with Gasteiger partial charge in [0.2, 0.25) is 0 Å². The molecule has 3 nitrogen and oxygen atoms in total. The van der Waals surface area contributed by atoms with Crippen LogP contribution in [0.3, 0.4) is 0 Å². The van der Waals surface area contributed by atoms with Crippen LogP contribution in [0.4, 0.5) is 0 Å². The zero-order chi connectivity index (χ0) is 17.8. The maximum Gasteiger partial charge on any atom is 0.169 e. The van der Waals surface area contributed by atoms with Gasteiger partial charge in [-0.05, 0) is 25.0 Å². The van der Waals surface area contributed by atoms with E-state index in [2.05, 4.69) is 17.1 Å². The van der Waals surface area contributed by atoms with Crippen molar-refractivity contribution in [2.45, 2.75) is 26.7 Å². The van der Waals surface area contributed by atoms with Crippen molar-refractivity contribution in [1.29, 1.82) is 0 Å². The summed E-state index contributed by atoms with van der Waals surface area (Å²) in [5.74, 6) is 0.161. The number of thiazole rings is 1. The summed E-state index contributed by atoms with van der Waals surface area (Å²) in [5.41, 5.74) is 3.67. The van der Waals surface area contributed by atoms with E-state index >= 15 is 0 Å². The summed E-state index contributed by atoms with van der Waals surface area (Å²) >= 11 is 1.57. The number of aryl methyl sites for hydroxylation is 1. The molecular formula is C21H19NO2S. The van der Waals surface area contributed by atoms with Crippen LogP contribution >= 0.6 is 11.3 Å². The molecule has 0 amide bonds. The molecule has 0 saturated heterocycles. The van der Waals surface area contributed by atoms with Crippen molar-refractivity contribution in [2.24, 2.45) is 0 Å². The smallest absolute Gasteiger partial charge is 0.169 e. The standard InChI is InChI=1S/C21H19NO2S/c1-14(23)12-16-8-10-17(11-9-16)19(24)13-20-22-15(2)21(25-20)18-6-4-3-5-7-18/h3-11H,12-13H2,1-2H3. The SMILES string of the molecule is CC(=O)Cc1ccc(C(=O)Cc2nc(C)c(-c3ccccc3)s2)cc1. The Morgan fingerprint density at radius 2 is 1.64 bits per heavy atom. The van der Waals surface area contributed by atoms with Crippen molar-refractivity contribution in [1.82, 2.24) is 4.98 Å². The van der Waals surface area contributed by atoms with Crippen LogP contribution in [0.1, 0.15) is 33.5 Å². The van der Waals surface area contributed by atoms with Crippen LogP contribution in [-0.2, 0) is 17.6 Å². The highest BCUT2D eigenvalue weighted by molar-refractivity contribution is 7.15. The van der Waals surface area contributed by atoms with E-state index in [9.17, 15) is 9.59 Å². The summed E-state index contributed by atoms with van der Waals surface area (Å²) in [6, 6.07) is 17.4. The predicted octanol–water partition coefficient (Wildman–Crippen LogP) is 4.68. The molecule has 0 bridgehead atoms. The van der Waals surface area contributed by atoms with E-state index in [-0.39, 0.29) is 11.6 Å². The van der Waals surface area contributed by atoms with E-state index in [1.165, 1.54) is 0 Å². The lowest BCUT2D eigenvalue weighted by Gasteiger charge is -2.01. The van der Waals surface area contributed by atoms with Gasteiger partial charge in [0.15, 0.2) is 5.78 Å². The van der Waals surface area contributed by atoms with Gasteiger partial charge in [-0.15, -0.1) is 11.3 Å². The summed E-state index contributed by atoms with van der Waals surface area (Å²) in [7, 11) is 0. The highest BCUT2D eigenvalue weighted by atomic mass is 32.1. The van der Waals surface area contributed by atoms with Crippen molar-refractivity contribution in [3.8, 4) is 10.4 Å². The van der Waals surface area contributed by atoms with Gasteiger partial charge in [0.25, 0.3) is 0 Å². The molecule has 0 aliphatic heterocycles. The summed E-state index contributed by atoms with van der Waals surface area (Å²) in [5, 5.41) is 0.828. The van der Waals surface area contributed by atoms with E-state index in [0.29, 0.717) is 18.4 Å². The summed E-state index contributed by atoms with van der Waals surface area (Å²) < 4.78 is 0. The van der Waals surface area contributed by atoms with E-state index < -0.39 is 0 Å². The quantitative estimate of drug-likeness (QED) is 0.607. The second-order valence-electron chi connectivity index (χ2n) is 6.06. The van der Waals surface area contributed by atoms with Gasteiger partial charge in [0.05, 0.1) is 17.0 Å². The van der Waals surface area contributed by atoms with Gasteiger partial charge in [-0.3, -0.25) is 9.59 Å². The van der Waals surface area contributed by atoms with Gasteiger partial charge in [-0.25, -0.2) is 4.98 Å². The Kier molecular flexibility index (Phi) is 5.19. The number of aromatic nitrogens is 1. The summed E-state index contributed by atoms with van der Waals surface area (Å²) in [4.78, 5) is 29.3. The Labute approximate surface area is 151 Å². The zero-order valence-corrected chi connectivity index (χ0v) is 15.1. The fraction of sp³-hybridized carbons (Fsp3) is 0.190. The Hall–Kier alpha value is -2.59. The molecule has 0 atom stereocenters. The van der Waals surface area contributed by atoms with Crippen LogP contribution < -0.4 is 0 Å². The monoisotopic (exact) mass is 349 g/mol. The molecule has 2 aromatic carbocycles. The number of rotatable bonds is 6. The average Bonchev–Trinajstić information content (AvgIpc) is 2.96. The molecule has 126 valence electrons. The molecule has 3 aromatic rings. The molecule has 0 N–H and O–H groups in total. The first-order valence-corrected chi connectivity index (χ1v) is 8.98. The topological polar surface area (TPSA) is 47.0 Å². The van der Waals surface area contributed by atoms with E-state index in [1.54, 1.807) is 30.4 Å². The van der Waals surface area contributed by atoms with E-state index in [4.69, 9.17) is 0 Å². The Bertz CT molecular complexity index is 895. The minimum Gasteiger partial charge on any atom is -0.300 e. The van der Waals surface area contributed by atoms with E-state index in [0.717, 1.165) is 26.7 Å². The molecule has 4 heteroatoms. The number of carbonyl (C=O) groups excluding carboxylic acids is 2. The largest absolute Gasteiger partial charge is 0.300 e. The molecule has 0 radical (unpaired) electrons. The first kappa shape index (κ1) is 17.2. The fourth-order valence-corrected chi connectivity index (χ4v) is 3.79. The van der Waals surface area contributed by atoms with Gasteiger partial charge in [-0.1, -0.05) is 54.6 Å². The highest BCUT2D eigenvalue weighted by Crippen LogP contribution is 2.30. The molecule has 0 aliphatic carbocycles. The van der Waals surface area contributed by atoms with Gasteiger partial charge < -0.3 is 0 Å². The molecule has 0 fully saturated rings. The lowest BCUT2D eigenvalue weighted by Crippen LogP contribution is -2.04. The van der Waals surface area contributed by atoms with Crippen LogP contribution in [0.25, 0.3) is 10.4 Å². The van der Waals surface area contributed by atoms with Gasteiger partial charge in [-0.2, -0.15) is 0 Å². The van der Waals surface area contributed by atoms with Crippen molar-refractivity contribution >= 4 is 22.9 Å². The lowest BCUT2D eigenvalue weighted by molar-refractivity contribution is -0.116. The van der Waals surface area contributed by atoms with E-state index in [1.807, 2.05) is 37.3 Å². The molecule has 0 saturated carbocycles. The predicted molar refractivity (Wildman–Crippen MR) is 101 cm³/mol. The minimum absolute atomic E-state index is 0.0442. The number of benzene rings is 2. The van der Waals surface area contributed by atoms with Crippen LogP contribution in [0.5, 0.6) is 0 Å². The minimum atomic E-state index is 0.0442. The third-order valence-corrected chi connectivity index (χ3v) is 5.12. The maximum atomic E-state index is 12.5. The zero-order valence-electron chi connectivity index (χ0n) is 14.3. The Morgan fingerprint density at radius 3 is 2.28 bits per heavy atom. The number of ketones is 2. The molecule has 1 heterocycles. The molecule has 0 aliphatic rings. The van der Waals surface area contributed by atoms with Crippen LogP contribution in [0.2, 0.25) is 0 Å². The maximum absolute atomic E-state index is 12.5. The van der Waals surface area contributed by atoms with Crippen molar-refractivity contribution < 1.29 is 9.59 Å². The third-order valence-electron chi connectivity index (χ3n) is 3.92. The first-order valence-electron chi connectivity index (χ1n) is 8.16. The van der Waals surface area contributed by atoms with Crippen LogP contribution in [0, 0.1) is 6.92 Å². The van der Waals surface area contributed by atoms with Gasteiger partial charge in [0.1, 0.15) is 10.8 Å². The van der Waals surface area contributed by atoms with Crippen LogP contribution in [0.15, 0.2) is 54.6 Å². The second kappa shape index (κ2) is 7.53. The number of nitrogens with zero attached hydrogens (tertiary/aromatic N) is 1. The molecule has 25 heavy (non-hydrogen) atoms. The summed E-state index contributed by atoms with van der Waals surface area (Å²) in [6.07, 6.45) is 0.699. The third kappa shape index (κ3) is 4.28. The second-order valence-corrected chi connectivity index (χ2v) is 7.15. The first-order chi connectivity index (χ1) is 12.0. The van der Waals surface area contributed by atoms with Crippen molar-refractivity contribution in [3.63, 3.8) is 0 Å². The average molecular weight is 349 g/mol. The normalized spacial score (nSPS) is 10.6. The Morgan fingerprint density at radius 1 is 0.960 bits per heavy atom. The van der Waals surface area contributed by atoms with Crippen molar-refractivity contribution in [3.05, 3.63) is 76.4 Å². The van der Waals surface area contributed by atoms with Crippen molar-refractivity contribution in [2.75, 3.05) is 0 Å². The summed E-state index contributed by atoms with van der Waals surface area (Å²) in [6.45, 7) is 3.54. The van der Waals surface area contributed by atoms with Gasteiger partial charge in [0, 0.05) is 12.0 Å². The molecule has 0 spiro atoms. The molecule has 3 rings (SSSR count). The molecular weight excluding hydrogens is 330 g/mol. The number of carbonyl (C=O) groups is 2. The van der Waals surface area contributed by atoms with Gasteiger partial charge >= 0.3 is 0 Å². The lowest BCUT2D eigenvalue weighted by atomic mass is 10.0. The van der Waals surface area contributed by atoms with Crippen LogP contribution in [-0.4, -0.2) is 16.6 Å². The highest BCUT2D eigenvalue weighted by Gasteiger charge is 2.14. The number of hydrogen-bond acceptors (Lipinski definition) is 4. The number of hydrogen-bond donors (Lipinski definition) is 0. The fourth-order valence-electron chi connectivity index (χ4n) is 2.72. The molecule has 1 aromatic heterocycles. The number of Topliss-reactive ketones (excluding diaryl/α,β-unsaturated/α-hetero) is 2. The Balaban J connectivity index is 1.74.